The quantitative estimate of drug-likeness (QED) is 0.129. The average molecular weight is 713 g/mol. The maximum Gasteiger partial charge on any atom is 0.416 e. The molecule has 0 spiro atoms. The smallest absolute Gasteiger partial charge is 0.416 e. The summed E-state index contributed by atoms with van der Waals surface area (Å²) in [4.78, 5) is 14.1. The van der Waals surface area contributed by atoms with Crippen molar-refractivity contribution in [1.82, 2.24) is 4.90 Å². The fraction of sp³-hybridized carbons (Fsp3) is 0.355. The molecule has 1 aliphatic rings. The number of thiocarbonyl (C=S) groups is 1. The molecule has 0 aromatic heterocycles. The number of hydrogen-bond acceptors (Lipinski definition) is 5. The third kappa shape index (κ3) is 8.22. The number of methoxy groups -OCH3 is 1. The Morgan fingerprint density at radius 2 is 1.48 bits per heavy atom. The van der Waals surface area contributed by atoms with E-state index in [-0.39, 0.29) is 45.9 Å². The first-order chi connectivity index (χ1) is 22.2. The second-order valence-corrected chi connectivity index (χ2v) is 11.3. The van der Waals surface area contributed by atoms with E-state index in [9.17, 15) is 48.7 Å². The zero-order valence-corrected chi connectivity index (χ0v) is 25.8. The van der Waals surface area contributed by atoms with Crippen molar-refractivity contribution >= 4 is 23.3 Å². The summed E-state index contributed by atoms with van der Waals surface area (Å²) in [7, 11) is 1.18. The molecule has 3 aromatic carbocycles. The van der Waals surface area contributed by atoms with Gasteiger partial charge in [0.1, 0.15) is 11.9 Å². The van der Waals surface area contributed by atoms with E-state index in [2.05, 4.69) is 0 Å². The number of amides is 1. The van der Waals surface area contributed by atoms with Crippen molar-refractivity contribution in [2.24, 2.45) is 5.73 Å². The van der Waals surface area contributed by atoms with E-state index >= 15 is 0 Å². The van der Waals surface area contributed by atoms with Crippen LogP contribution in [0.15, 0.2) is 48.5 Å². The third-order valence-corrected chi connectivity index (χ3v) is 7.68. The molecule has 0 unspecified atom stereocenters. The minimum absolute atomic E-state index is 0.0229. The molecule has 2 N–H and O–H groups in total. The Labute approximate surface area is 272 Å². The molecule has 0 bridgehead atoms. The van der Waals surface area contributed by atoms with Crippen LogP contribution in [0, 0.1) is 5.82 Å². The number of halogens is 10. The number of carbonyl (C=O) groups excluding carboxylic acids is 1. The van der Waals surface area contributed by atoms with E-state index < -0.39 is 71.4 Å². The standard InChI is InChI=1S/C31H26F10N2O4S/c1-15-27(16-8-19(30(36,37)38)11-20(9-16)31(39,40)41)47-28(44)43(15)14-17-10-18(29(33,34)35)5-6-21(17)22-12-25(23(32)13-24(22)45-2)46-7-3-4-26(42)48/h5-6,8-13,15,27H,3-4,7,14H2,1-2H3,(H2,42,48)/t15-,27-/m0/s1. The zero-order valence-electron chi connectivity index (χ0n) is 24.9. The highest BCUT2D eigenvalue weighted by atomic mass is 32.1. The maximum atomic E-state index is 14.9. The van der Waals surface area contributed by atoms with Crippen molar-refractivity contribution < 1.29 is 62.9 Å². The van der Waals surface area contributed by atoms with Gasteiger partial charge in [0.25, 0.3) is 0 Å². The average Bonchev–Trinajstić information content (AvgIpc) is 3.26. The molecule has 48 heavy (non-hydrogen) atoms. The molecule has 1 fully saturated rings. The van der Waals surface area contributed by atoms with Gasteiger partial charge in [-0.2, -0.15) is 39.5 Å². The van der Waals surface area contributed by atoms with Crippen molar-refractivity contribution in [1.29, 1.82) is 0 Å². The molecular weight excluding hydrogens is 686 g/mol. The van der Waals surface area contributed by atoms with Gasteiger partial charge in [0, 0.05) is 18.1 Å². The lowest BCUT2D eigenvalue weighted by Gasteiger charge is -2.24. The Kier molecular flexibility index (Phi) is 10.4. The molecule has 1 saturated heterocycles. The summed E-state index contributed by atoms with van der Waals surface area (Å²) in [6.07, 6.45) is -17.5. The number of nitrogens with zero attached hydrogens (tertiary/aromatic N) is 1. The second-order valence-electron chi connectivity index (χ2n) is 10.8. The SMILES string of the molecule is COc1cc(F)c(OCCCC(N)=S)cc1-c1ccc(C(F)(F)F)cc1CN1C(=O)O[C@H](c2cc(C(F)(F)F)cc(C(F)(F)F)c2)[C@@H]1C. The number of carbonyl (C=O) groups is 1. The molecule has 0 radical (unpaired) electrons. The molecule has 4 rings (SSSR count). The predicted octanol–water partition coefficient (Wildman–Crippen LogP) is 9.08. The van der Waals surface area contributed by atoms with E-state index in [1.165, 1.54) is 20.1 Å². The van der Waals surface area contributed by atoms with Gasteiger partial charge in [-0.15, -0.1) is 0 Å². The van der Waals surface area contributed by atoms with Crippen molar-refractivity contribution in [3.8, 4) is 22.6 Å². The third-order valence-electron chi connectivity index (χ3n) is 7.47. The van der Waals surface area contributed by atoms with Gasteiger partial charge in [-0.05, 0) is 66.4 Å². The second kappa shape index (κ2) is 13.7. The van der Waals surface area contributed by atoms with Crippen LogP contribution in [0.4, 0.5) is 48.7 Å². The monoisotopic (exact) mass is 712 g/mol. The Morgan fingerprint density at radius 3 is 2.02 bits per heavy atom. The summed E-state index contributed by atoms with van der Waals surface area (Å²) in [6.45, 7) is 0.587. The highest BCUT2D eigenvalue weighted by molar-refractivity contribution is 7.80. The number of hydrogen-bond donors (Lipinski definition) is 1. The van der Waals surface area contributed by atoms with Crippen LogP contribution in [0.2, 0.25) is 0 Å². The largest absolute Gasteiger partial charge is 0.496 e. The topological polar surface area (TPSA) is 74.0 Å². The van der Waals surface area contributed by atoms with Crippen molar-refractivity contribution in [3.63, 3.8) is 0 Å². The maximum absolute atomic E-state index is 14.9. The molecule has 6 nitrogen and oxygen atoms in total. The minimum atomic E-state index is -5.18. The van der Waals surface area contributed by atoms with Crippen LogP contribution in [-0.4, -0.2) is 35.7 Å². The summed E-state index contributed by atoms with van der Waals surface area (Å²) < 4.78 is 153. The fourth-order valence-corrected chi connectivity index (χ4v) is 5.25. The summed E-state index contributed by atoms with van der Waals surface area (Å²) in [5, 5.41) is 0. The lowest BCUT2D eigenvalue weighted by Crippen LogP contribution is -2.32. The summed E-state index contributed by atoms with van der Waals surface area (Å²) in [6, 6.07) is 4.09. The number of rotatable bonds is 10. The van der Waals surface area contributed by atoms with Crippen LogP contribution in [0.1, 0.15) is 53.7 Å². The van der Waals surface area contributed by atoms with E-state index in [0.717, 1.165) is 23.1 Å². The molecule has 2 atom stereocenters. The zero-order chi connectivity index (χ0) is 35.8. The van der Waals surface area contributed by atoms with Crippen LogP contribution in [0.3, 0.4) is 0 Å². The fourth-order valence-electron chi connectivity index (χ4n) is 5.10. The van der Waals surface area contributed by atoms with E-state index in [1.54, 1.807) is 0 Å². The summed E-state index contributed by atoms with van der Waals surface area (Å²) in [5.41, 5.74) is 0.310. The van der Waals surface area contributed by atoms with Gasteiger partial charge in [0.2, 0.25) is 0 Å². The molecule has 1 heterocycles. The molecule has 0 saturated carbocycles. The number of ether oxygens (including phenoxy) is 3. The first-order valence-electron chi connectivity index (χ1n) is 14.0. The Morgan fingerprint density at radius 1 is 0.875 bits per heavy atom. The Hall–Kier alpha value is -4.28. The van der Waals surface area contributed by atoms with E-state index in [1.807, 2.05) is 0 Å². The Balaban J connectivity index is 1.76. The lowest BCUT2D eigenvalue weighted by atomic mass is 9.94. The normalized spacial score (nSPS) is 17.0. The van der Waals surface area contributed by atoms with Gasteiger partial charge in [-0.3, -0.25) is 4.90 Å². The van der Waals surface area contributed by atoms with E-state index in [4.69, 9.17) is 32.2 Å². The molecule has 260 valence electrons. The van der Waals surface area contributed by atoms with Gasteiger partial charge >= 0.3 is 24.6 Å². The number of alkyl halides is 9. The van der Waals surface area contributed by atoms with Gasteiger partial charge in [0.05, 0.1) is 48.0 Å². The number of nitrogens with two attached hydrogens (primary N) is 1. The van der Waals surface area contributed by atoms with Crippen LogP contribution >= 0.6 is 12.2 Å². The van der Waals surface area contributed by atoms with Crippen LogP contribution in [0.25, 0.3) is 11.1 Å². The van der Waals surface area contributed by atoms with Crippen LogP contribution in [0.5, 0.6) is 11.5 Å². The molecule has 0 aliphatic carbocycles. The minimum Gasteiger partial charge on any atom is -0.496 e. The first-order valence-corrected chi connectivity index (χ1v) is 14.4. The summed E-state index contributed by atoms with van der Waals surface area (Å²) >= 11 is 4.80. The highest BCUT2D eigenvalue weighted by Crippen LogP contribution is 2.44. The lowest BCUT2D eigenvalue weighted by molar-refractivity contribution is -0.143. The van der Waals surface area contributed by atoms with Crippen molar-refractivity contribution in [2.75, 3.05) is 13.7 Å². The molecule has 1 aliphatic heterocycles. The van der Waals surface area contributed by atoms with Gasteiger partial charge in [-0.25, -0.2) is 9.18 Å². The van der Waals surface area contributed by atoms with Crippen molar-refractivity contribution in [2.45, 2.75) is 57.0 Å². The van der Waals surface area contributed by atoms with Crippen LogP contribution < -0.4 is 15.2 Å². The highest BCUT2D eigenvalue weighted by Gasteiger charge is 2.44. The Bertz CT molecular complexity index is 1660. The van der Waals surface area contributed by atoms with Crippen molar-refractivity contribution in [3.05, 3.63) is 82.2 Å². The first kappa shape index (κ1) is 36.6. The number of benzene rings is 3. The van der Waals surface area contributed by atoms with Gasteiger partial charge in [-0.1, -0.05) is 18.3 Å². The molecule has 3 aromatic rings. The van der Waals surface area contributed by atoms with Gasteiger partial charge < -0.3 is 19.9 Å². The molecular formula is C31H26F10N2O4S. The predicted molar refractivity (Wildman–Crippen MR) is 156 cm³/mol. The van der Waals surface area contributed by atoms with E-state index in [0.29, 0.717) is 31.0 Å². The molecule has 1 amide bonds. The number of cyclic esters (lactones) is 1. The van der Waals surface area contributed by atoms with Gasteiger partial charge in [0.15, 0.2) is 11.6 Å². The molecule has 17 heteroatoms. The summed E-state index contributed by atoms with van der Waals surface area (Å²) in [5.74, 6) is -1.28. The van der Waals surface area contributed by atoms with Crippen LogP contribution in [-0.2, 0) is 29.8 Å².